The van der Waals surface area contributed by atoms with Gasteiger partial charge in [-0.3, -0.25) is 9.69 Å². The molecule has 1 aliphatic heterocycles. The van der Waals surface area contributed by atoms with Crippen molar-refractivity contribution in [2.75, 3.05) is 4.90 Å². The number of hydrogen-bond donors (Lipinski definition) is 2. The Morgan fingerprint density at radius 2 is 1.75 bits per heavy atom. The molecule has 3 aromatic rings. The summed E-state index contributed by atoms with van der Waals surface area (Å²) in [5.74, 6) is -0.554. The molecule has 1 atom stereocenters. The fourth-order valence-corrected chi connectivity index (χ4v) is 6.01. The smallest absolute Gasteiger partial charge is 0.238 e. The number of halogens is 2. The Morgan fingerprint density at radius 1 is 1.05 bits per heavy atom. The molecule has 0 saturated carbocycles. The SMILES string of the molecule is N#CC1=C(/N=C/c2ccc(O)cc2)N(c2ccc(S(N)(=O)=O)cc2)C2=C(C(=O)CCC2)C1c1ccc(Cl)cc1Cl. The predicted octanol–water partition coefficient (Wildman–Crippen LogP) is 5.81. The first-order valence-electron chi connectivity index (χ1n) is 12.2. The number of nitrogens with two attached hydrogens (primary N) is 1. The van der Waals surface area contributed by atoms with E-state index in [1.165, 1.54) is 24.3 Å². The highest BCUT2D eigenvalue weighted by atomic mass is 35.5. The quantitative estimate of drug-likeness (QED) is 0.358. The monoisotopic (exact) mass is 592 g/mol. The van der Waals surface area contributed by atoms with Crippen LogP contribution in [0.15, 0.2) is 99.3 Å². The van der Waals surface area contributed by atoms with E-state index in [1.54, 1.807) is 53.6 Å². The number of hydrogen-bond acceptors (Lipinski definition) is 7. The minimum absolute atomic E-state index is 0.0772. The van der Waals surface area contributed by atoms with E-state index in [0.29, 0.717) is 57.4 Å². The lowest BCUT2D eigenvalue weighted by molar-refractivity contribution is -0.116. The predicted molar refractivity (Wildman–Crippen MR) is 154 cm³/mol. The van der Waals surface area contributed by atoms with E-state index in [4.69, 9.17) is 33.3 Å². The van der Waals surface area contributed by atoms with Crippen molar-refractivity contribution in [3.8, 4) is 11.8 Å². The second-order valence-corrected chi connectivity index (χ2v) is 11.7. The number of Topliss-reactive ketones (excluding diaryl/α,β-unsaturated/α-hetero) is 1. The summed E-state index contributed by atoms with van der Waals surface area (Å²) < 4.78 is 23.8. The summed E-state index contributed by atoms with van der Waals surface area (Å²) in [6, 6.07) is 19.4. The highest BCUT2D eigenvalue weighted by Gasteiger charge is 2.41. The number of phenols is 1. The number of allylic oxidation sites excluding steroid dienone is 3. The number of nitrogens with zero attached hydrogens (tertiary/aromatic N) is 3. The Labute approximate surface area is 241 Å². The number of aromatic hydroxyl groups is 1. The maximum absolute atomic E-state index is 13.5. The van der Waals surface area contributed by atoms with Crippen molar-refractivity contribution >= 4 is 50.9 Å². The fraction of sp³-hybridized carbons (Fsp3) is 0.138. The number of nitriles is 1. The molecule has 1 aliphatic carbocycles. The van der Waals surface area contributed by atoms with Crippen LogP contribution in [0.4, 0.5) is 5.69 Å². The first-order valence-corrected chi connectivity index (χ1v) is 14.5. The third-order valence-electron chi connectivity index (χ3n) is 6.78. The molecule has 1 heterocycles. The largest absolute Gasteiger partial charge is 0.508 e. The molecule has 0 bridgehead atoms. The Kier molecular flexibility index (Phi) is 7.53. The first-order chi connectivity index (χ1) is 19.1. The minimum atomic E-state index is -3.94. The second kappa shape index (κ2) is 10.9. The molecule has 11 heteroatoms. The lowest BCUT2D eigenvalue weighted by Gasteiger charge is -2.39. The molecule has 2 aliphatic rings. The van der Waals surface area contributed by atoms with Crippen molar-refractivity contribution in [3.63, 3.8) is 0 Å². The van der Waals surface area contributed by atoms with E-state index in [9.17, 15) is 23.6 Å². The Hall–Kier alpha value is -3.94. The van der Waals surface area contributed by atoms with Crippen molar-refractivity contribution in [3.05, 3.63) is 111 Å². The van der Waals surface area contributed by atoms with Crippen LogP contribution in [0, 0.1) is 11.3 Å². The minimum Gasteiger partial charge on any atom is -0.508 e. The van der Waals surface area contributed by atoms with Crippen LogP contribution < -0.4 is 10.0 Å². The number of primary sulfonamides is 1. The molecule has 1 unspecified atom stereocenters. The van der Waals surface area contributed by atoms with Crippen LogP contribution in [0.1, 0.15) is 36.3 Å². The highest BCUT2D eigenvalue weighted by Crippen LogP contribution is 2.49. The Morgan fingerprint density at radius 3 is 2.38 bits per heavy atom. The van der Waals surface area contributed by atoms with Gasteiger partial charge in [-0.05, 0) is 84.6 Å². The van der Waals surface area contributed by atoms with Gasteiger partial charge in [0.05, 0.1) is 22.5 Å². The molecule has 0 amide bonds. The normalized spacial score (nSPS) is 17.8. The van der Waals surface area contributed by atoms with Crippen LogP contribution in [-0.4, -0.2) is 25.5 Å². The summed E-state index contributed by atoms with van der Waals surface area (Å²) in [5.41, 5.74) is 2.97. The van der Waals surface area contributed by atoms with E-state index >= 15 is 0 Å². The number of sulfonamides is 1. The summed E-state index contributed by atoms with van der Waals surface area (Å²) in [6.45, 7) is 0. The van der Waals surface area contributed by atoms with E-state index in [2.05, 4.69) is 6.07 Å². The van der Waals surface area contributed by atoms with Gasteiger partial charge in [0, 0.05) is 39.6 Å². The van der Waals surface area contributed by atoms with E-state index < -0.39 is 15.9 Å². The van der Waals surface area contributed by atoms with Gasteiger partial charge < -0.3 is 5.11 Å². The molecule has 40 heavy (non-hydrogen) atoms. The number of carbonyl (C=O) groups is 1. The summed E-state index contributed by atoms with van der Waals surface area (Å²) in [5, 5.41) is 26.2. The molecule has 3 N–H and O–H groups in total. The van der Waals surface area contributed by atoms with Crippen molar-refractivity contribution < 1.29 is 18.3 Å². The lowest BCUT2D eigenvalue weighted by Crippen LogP contribution is -2.35. The van der Waals surface area contributed by atoms with Crippen molar-refractivity contribution in [1.82, 2.24) is 0 Å². The van der Waals surface area contributed by atoms with Gasteiger partial charge >= 0.3 is 0 Å². The molecule has 0 aromatic heterocycles. The molecule has 0 fully saturated rings. The van der Waals surface area contributed by atoms with Gasteiger partial charge in [-0.25, -0.2) is 18.5 Å². The average Bonchev–Trinajstić information content (AvgIpc) is 2.92. The molecular formula is C29H22Cl2N4O4S. The number of aliphatic imine (C=N–C) groups is 1. The number of phenolic OH excluding ortho intramolecular Hbond substituents is 1. The summed E-state index contributed by atoms with van der Waals surface area (Å²) in [6.07, 6.45) is 2.95. The number of carbonyl (C=O) groups excluding carboxylic acids is 1. The van der Waals surface area contributed by atoms with Gasteiger partial charge in [-0.15, -0.1) is 0 Å². The Balaban J connectivity index is 1.78. The average molecular weight is 593 g/mol. The molecular weight excluding hydrogens is 571 g/mol. The zero-order valence-electron chi connectivity index (χ0n) is 20.9. The summed E-state index contributed by atoms with van der Waals surface area (Å²) in [7, 11) is -3.94. The third kappa shape index (κ3) is 5.27. The van der Waals surface area contributed by atoms with Crippen LogP contribution in [0.3, 0.4) is 0 Å². The molecule has 0 saturated heterocycles. The van der Waals surface area contributed by atoms with Gasteiger partial charge in [0.2, 0.25) is 10.0 Å². The van der Waals surface area contributed by atoms with Crippen LogP contribution in [0.5, 0.6) is 5.75 Å². The van der Waals surface area contributed by atoms with Crippen molar-refractivity contribution in [2.24, 2.45) is 10.1 Å². The standard InChI is InChI=1S/C29H22Cl2N4O4S/c30-18-6-13-22(24(31)14-18)27-23(15-32)29(34-16-17-4-9-20(36)10-5-17)35(25-2-1-3-26(37)28(25)27)19-7-11-21(12-8-19)40(33,38)39/h4-14,16,27,36H,1-3H2,(H2,33,38,39)/b34-16+. The fourth-order valence-electron chi connectivity index (χ4n) is 4.98. The number of ketones is 1. The molecule has 202 valence electrons. The van der Waals surface area contributed by atoms with Gasteiger partial charge in [0.1, 0.15) is 5.75 Å². The second-order valence-electron chi connectivity index (χ2n) is 9.31. The molecule has 5 rings (SSSR count). The zero-order valence-corrected chi connectivity index (χ0v) is 23.2. The van der Waals surface area contributed by atoms with Gasteiger partial charge in [-0.2, -0.15) is 5.26 Å². The van der Waals surface area contributed by atoms with Gasteiger partial charge in [0.25, 0.3) is 0 Å². The highest BCUT2D eigenvalue weighted by molar-refractivity contribution is 7.89. The molecule has 8 nitrogen and oxygen atoms in total. The van der Waals surface area contributed by atoms with Crippen molar-refractivity contribution in [2.45, 2.75) is 30.1 Å². The Bertz CT molecular complexity index is 1760. The maximum atomic E-state index is 13.5. The van der Waals surface area contributed by atoms with Crippen molar-refractivity contribution in [1.29, 1.82) is 5.26 Å². The van der Waals surface area contributed by atoms with Gasteiger partial charge in [-0.1, -0.05) is 29.3 Å². The molecule has 0 spiro atoms. The van der Waals surface area contributed by atoms with Crippen LogP contribution in [0.2, 0.25) is 10.0 Å². The van der Waals surface area contributed by atoms with Gasteiger partial charge in [0.15, 0.2) is 11.6 Å². The molecule has 3 aromatic carbocycles. The number of anilines is 1. The van der Waals surface area contributed by atoms with E-state index in [1.807, 2.05) is 0 Å². The van der Waals surface area contributed by atoms with E-state index in [-0.39, 0.29) is 27.8 Å². The lowest BCUT2D eigenvalue weighted by atomic mass is 9.75. The van der Waals surface area contributed by atoms with E-state index in [0.717, 1.165) is 0 Å². The maximum Gasteiger partial charge on any atom is 0.238 e. The topological polar surface area (TPSA) is 137 Å². The number of rotatable bonds is 5. The van der Waals surface area contributed by atoms with Crippen LogP contribution in [0.25, 0.3) is 0 Å². The van der Waals surface area contributed by atoms with Crippen LogP contribution >= 0.6 is 23.2 Å². The first kappa shape index (κ1) is 27.6. The molecule has 0 radical (unpaired) electrons. The summed E-state index contributed by atoms with van der Waals surface area (Å²) >= 11 is 12.8. The van der Waals surface area contributed by atoms with Crippen LogP contribution in [-0.2, 0) is 14.8 Å². The number of benzene rings is 3. The zero-order chi connectivity index (χ0) is 28.6. The third-order valence-corrected chi connectivity index (χ3v) is 8.27. The summed E-state index contributed by atoms with van der Waals surface area (Å²) in [4.78, 5) is 19.9.